The molecule has 0 saturated heterocycles. The van der Waals surface area contributed by atoms with Gasteiger partial charge in [-0.25, -0.2) is 4.79 Å². The molecule has 1 amide bonds. The number of carboxylic acids is 1. The number of carbonyl (C=O) groups excluding carboxylic acids is 2. The van der Waals surface area contributed by atoms with Crippen molar-refractivity contribution in [3.63, 3.8) is 0 Å². The summed E-state index contributed by atoms with van der Waals surface area (Å²) >= 11 is 0. The van der Waals surface area contributed by atoms with E-state index in [1.54, 1.807) is 30.3 Å². The highest BCUT2D eigenvalue weighted by atomic mass is 16.5. The topological polar surface area (TPSA) is 102 Å². The van der Waals surface area contributed by atoms with Crippen LogP contribution in [-0.4, -0.2) is 18.1 Å². The largest absolute Gasteiger partial charge is 0.548 e. The van der Waals surface area contributed by atoms with Crippen molar-refractivity contribution >= 4 is 12.1 Å². The quantitative estimate of drug-likeness (QED) is 0.795. The smallest absolute Gasteiger partial charge is 0.407 e. The molecule has 0 radical (unpaired) electrons. The Morgan fingerprint density at radius 1 is 1.37 bits per heavy atom. The van der Waals surface area contributed by atoms with Gasteiger partial charge in [0.15, 0.2) is 0 Å². The van der Waals surface area contributed by atoms with Gasteiger partial charge >= 0.3 is 6.09 Å². The number of nitrogens with one attached hydrogen (secondary N) is 1. The molecule has 0 heterocycles. The minimum atomic E-state index is -1.44. The number of carbonyl (C=O) groups is 2. The van der Waals surface area contributed by atoms with Crippen molar-refractivity contribution in [1.82, 2.24) is 5.32 Å². The lowest BCUT2D eigenvalue weighted by Crippen LogP contribution is -2.47. The third kappa shape index (κ3) is 5.55. The number of ether oxygens (including phenoxy) is 1. The number of hydrogen-bond acceptors (Lipinski definition) is 5. The molecule has 1 aromatic rings. The molecule has 0 aliphatic carbocycles. The summed E-state index contributed by atoms with van der Waals surface area (Å²) in [4.78, 5) is 22.1. The maximum atomic E-state index is 11.4. The molecule has 0 aromatic heterocycles. The van der Waals surface area contributed by atoms with Crippen molar-refractivity contribution in [2.24, 2.45) is 0 Å². The molecule has 1 atom stereocenters. The second-order valence-corrected chi connectivity index (χ2v) is 3.77. The Morgan fingerprint density at radius 2 is 2.05 bits per heavy atom. The molecule has 1 rings (SSSR count). The van der Waals surface area contributed by atoms with Gasteiger partial charge in [-0.1, -0.05) is 30.3 Å². The van der Waals surface area contributed by atoms with Crippen LogP contribution in [0.4, 0.5) is 4.79 Å². The van der Waals surface area contributed by atoms with Gasteiger partial charge < -0.3 is 20.0 Å². The van der Waals surface area contributed by atoms with Gasteiger partial charge in [-0.3, -0.25) is 0 Å². The van der Waals surface area contributed by atoms with Gasteiger partial charge in [0, 0.05) is 6.42 Å². The summed E-state index contributed by atoms with van der Waals surface area (Å²) in [6, 6.07) is 9.56. The Bertz CT molecular complexity index is 467. The first-order valence-electron chi connectivity index (χ1n) is 5.68. The maximum absolute atomic E-state index is 11.4. The molecule has 6 nitrogen and oxygen atoms in total. The number of rotatable bonds is 6. The highest BCUT2D eigenvalue weighted by Crippen LogP contribution is 2.01. The van der Waals surface area contributed by atoms with Crippen LogP contribution in [0.25, 0.3) is 0 Å². The van der Waals surface area contributed by atoms with E-state index in [4.69, 9.17) is 10.00 Å². The minimum Gasteiger partial charge on any atom is -0.548 e. The van der Waals surface area contributed by atoms with E-state index in [1.165, 1.54) is 0 Å². The van der Waals surface area contributed by atoms with E-state index in [0.29, 0.717) is 0 Å². The predicted molar refractivity (Wildman–Crippen MR) is 63.4 cm³/mol. The van der Waals surface area contributed by atoms with Crippen molar-refractivity contribution < 1.29 is 19.4 Å². The fourth-order valence-electron chi connectivity index (χ4n) is 1.36. The lowest BCUT2D eigenvalue weighted by atomic mass is 10.2. The van der Waals surface area contributed by atoms with Gasteiger partial charge in [0.1, 0.15) is 6.61 Å². The molecule has 6 heteroatoms. The van der Waals surface area contributed by atoms with E-state index >= 15 is 0 Å². The highest BCUT2D eigenvalue weighted by molar-refractivity contribution is 5.78. The second kappa shape index (κ2) is 7.71. The van der Waals surface area contributed by atoms with Crippen LogP contribution in [0.5, 0.6) is 0 Å². The molecule has 0 spiro atoms. The molecular formula is C13H13N2O4-. The third-order valence-corrected chi connectivity index (χ3v) is 2.33. The lowest BCUT2D eigenvalue weighted by Gasteiger charge is -2.18. The first-order chi connectivity index (χ1) is 9.13. The van der Waals surface area contributed by atoms with E-state index < -0.39 is 18.1 Å². The van der Waals surface area contributed by atoms with Crippen LogP contribution >= 0.6 is 0 Å². The van der Waals surface area contributed by atoms with E-state index in [9.17, 15) is 14.7 Å². The SMILES string of the molecule is N#CCC[C@H](NC(=O)OCc1ccccc1)C(=O)[O-]. The summed E-state index contributed by atoms with van der Waals surface area (Å²) in [7, 11) is 0. The second-order valence-electron chi connectivity index (χ2n) is 3.77. The Hall–Kier alpha value is -2.55. The third-order valence-electron chi connectivity index (χ3n) is 2.33. The molecule has 0 unspecified atom stereocenters. The van der Waals surface area contributed by atoms with Crippen LogP contribution in [0.15, 0.2) is 30.3 Å². The number of alkyl carbamates (subject to hydrolysis) is 1. The molecular weight excluding hydrogens is 248 g/mol. The molecule has 19 heavy (non-hydrogen) atoms. The normalized spacial score (nSPS) is 11.1. The summed E-state index contributed by atoms with van der Waals surface area (Å²) in [5, 5.41) is 21.2. The first kappa shape index (κ1) is 14.5. The lowest BCUT2D eigenvalue weighted by molar-refractivity contribution is -0.308. The summed E-state index contributed by atoms with van der Waals surface area (Å²) in [5.74, 6) is -1.44. The van der Waals surface area contributed by atoms with E-state index in [0.717, 1.165) is 5.56 Å². The molecule has 1 aromatic carbocycles. The summed E-state index contributed by atoms with van der Waals surface area (Å²) < 4.78 is 4.86. The zero-order chi connectivity index (χ0) is 14.1. The minimum absolute atomic E-state index is 0.0115. The maximum Gasteiger partial charge on any atom is 0.407 e. The van der Waals surface area contributed by atoms with Crippen molar-refractivity contribution in [2.45, 2.75) is 25.5 Å². The van der Waals surface area contributed by atoms with Crippen molar-refractivity contribution in [3.05, 3.63) is 35.9 Å². The molecule has 0 saturated carbocycles. The number of amides is 1. The van der Waals surface area contributed by atoms with Gasteiger partial charge in [-0.2, -0.15) is 5.26 Å². The monoisotopic (exact) mass is 261 g/mol. The Morgan fingerprint density at radius 3 is 2.63 bits per heavy atom. The zero-order valence-corrected chi connectivity index (χ0v) is 10.2. The van der Waals surface area contributed by atoms with Gasteiger partial charge in [0.05, 0.1) is 18.1 Å². The predicted octanol–water partition coefficient (Wildman–Crippen LogP) is 0.335. The first-order valence-corrected chi connectivity index (χ1v) is 5.68. The van der Waals surface area contributed by atoms with Crippen LogP contribution in [0.2, 0.25) is 0 Å². The number of benzene rings is 1. The fourth-order valence-corrected chi connectivity index (χ4v) is 1.36. The zero-order valence-electron chi connectivity index (χ0n) is 10.2. The highest BCUT2D eigenvalue weighted by Gasteiger charge is 2.13. The van der Waals surface area contributed by atoms with Gasteiger partial charge in [0.2, 0.25) is 0 Å². The van der Waals surface area contributed by atoms with Gasteiger partial charge in [0.25, 0.3) is 0 Å². The van der Waals surface area contributed by atoms with Crippen LogP contribution < -0.4 is 10.4 Å². The van der Waals surface area contributed by atoms with Crippen LogP contribution in [0, 0.1) is 11.3 Å². The number of carboxylic acid groups (broad SMARTS) is 1. The number of hydrogen-bond donors (Lipinski definition) is 1. The molecule has 100 valence electrons. The van der Waals surface area contributed by atoms with Crippen molar-refractivity contribution in [2.75, 3.05) is 0 Å². The molecule has 0 bridgehead atoms. The van der Waals surface area contributed by atoms with E-state index in [-0.39, 0.29) is 19.4 Å². The average molecular weight is 261 g/mol. The van der Waals surface area contributed by atoms with E-state index in [2.05, 4.69) is 5.32 Å². The number of aliphatic carboxylic acids is 1. The van der Waals surface area contributed by atoms with Crippen LogP contribution in [0.3, 0.4) is 0 Å². The molecule has 0 aliphatic rings. The van der Waals surface area contributed by atoms with Crippen molar-refractivity contribution in [3.8, 4) is 6.07 Å². The van der Waals surface area contributed by atoms with Crippen LogP contribution in [-0.2, 0) is 16.1 Å². The summed E-state index contributed by atoms with van der Waals surface area (Å²) in [6.07, 6.45) is -0.854. The molecule has 1 N–H and O–H groups in total. The Balaban J connectivity index is 2.40. The molecule has 0 fully saturated rings. The van der Waals surface area contributed by atoms with Gasteiger partial charge in [-0.05, 0) is 12.0 Å². The fraction of sp³-hybridized carbons (Fsp3) is 0.308. The average Bonchev–Trinajstić information content (AvgIpc) is 2.42. The number of nitrogens with zero attached hydrogens (tertiary/aromatic N) is 1. The summed E-state index contributed by atoms with van der Waals surface area (Å²) in [6.45, 7) is 0.0463. The van der Waals surface area contributed by atoms with Crippen molar-refractivity contribution in [1.29, 1.82) is 5.26 Å². The Labute approximate surface area is 110 Å². The number of nitriles is 1. The van der Waals surface area contributed by atoms with Gasteiger partial charge in [-0.15, -0.1) is 0 Å². The molecule has 0 aliphatic heterocycles. The van der Waals surface area contributed by atoms with E-state index in [1.807, 2.05) is 6.07 Å². The Kier molecular flexibility index (Phi) is 5.89. The van der Waals surface area contributed by atoms with Crippen LogP contribution in [0.1, 0.15) is 18.4 Å². The standard InChI is InChI=1S/C13H14N2O4/c14-8-4-7-11(12(16)17)15-13(18)19-9-10-5-2-1-3-6-10/h1-3,5-6,11H,4,7,9H2,(H,15,18)(H,16,17)/p-1/t11-/m0/s1. The summed E-state index contributed by atoms with van der Waals surface area (Å²) in [5.41, 5.74) is 0.791.